The van der Waals surface area contributed by atoms with Crippen molar-refractivity contribution in [2.45, 2.75) is 11.4 Å². The number of carbonyl (C=O) groups excluding carboxylic acids is 2. The van der Waals surface area contributed by atoms with E-state index in [4.69, 9.17) is 14.2 Å². The number of nitrogens with zero attached hydrogens (tertiary/aromatic N) is 1. The first kappa shape index (κ1) is 24.5. The number of benzene rings is 2. The maximum Gasteiger partial charge on any atom is 0.255 e. The van der Waals surface area contributed by atoms with Gasteiger partial charge in [0.2, 0.25) is 10.0 Å². The van der Waals surface area contributed by atoms with Crippen LogP contribution in [0, 0.1) is 0 Å². The number of ether oxygens (including phenoxy) is 3. The molecule has 0 unspecified atom stereocenters. The van der Waals surface area contributed by atoms with Gasteiger partial charge in [0, 0.05) is 38.3 Å². The summed E-state index contributed by atoms with van der Waals surface area (Å²) in [6, 6.07) is 9.43. The van der Waals surface area contributed by atoms with Crippen molar-refractivity contribution in [2.24, 2.45) is 0 Å². The molecule has 11 heteroatoms. The van der Waals surface area contributed by atoms with Crippen molar-refractivity contribution in [3.05, 3.63) is 53.1 Å². The molecule has 0 bridgehead atoms. The van der Waals surface area contributed by atoms with Crippen LogP contribution in [0.3, 0.4) is 0 Å². The second-order valence-electron chi connectivity index (χ2n) is 7.18. The van der Waals surface area contributed by atoms with Gasteiger partial charge in [-0.1, -0.05) is 12.1 Å². The summed E-state index contributed by atoms with van der Waals surface area (Å²) in [6.45, 7) is 1.17. The van der Waals surface area contributed by atoms with Crippen LogP contribution in [0.4, 0.5) is 0 Å². The number of rotatable bonds is 8. The van der Waals surface area contributed by atoms with Crippen LogP contribution in [0.2, 0.25) is 0 Å². The summed E-state index contributed by atoms with van der Waals surface area (Å²) in [5.41, 5.74) is 1.18. The van der Waals surface area contributed by atoms with Crippen molar-refractivity contribution < 1.29 is 32.2 Å². The van der Waals surface area contributed by atoms with Crippen molar-refractivity contribution in [1.82, 2.24) is 14.9 Å². The molecule has 178 valence electrons. The number of hydrogen-bond acceptors (Lipinski definition) is 7. The monoisotopic (exact) mass is 477 g/mol. The molecule has 1 fully saturated rings. The fraction of sp³-hybridized carbons (Fsp3) is 0.364. The van der Waals surface area contributed by atoms with Crippen molar-refractivity contribution >= 4 is 21.8 Å². The molecule has 2 aromatic rings. The molecular weight excluding hydrogens is 450 g/mol. The number of carbonyl (C=O) groups is 2. The molecule has 1 heterocycles. The summed E-state index contributed by atoms with van der Waals surface area (Å²) >= 11 is 0. The highest BCUT2D eigenvalue weighted by Gasteiger charge is 2.30. The smallest absolute Gasteiger partial charge is 0.255 e. The fourth-order valence-electron chi connectivity index (χ4n) is 3.44. The topological polar surface area (TPSA) is 123 Å². The van der Waals surface area contributed by atoms with Crippen LogP contribution in [-0.2, 0) is 21.3 Å². The molecule has 0 spiro atoms. The summed E-state index contributed by atoms with van der Waals surface area (Å²) in [4.78, 5) is 24.8. The number of morpholine rings is 1. The lowest BCUT2D eigenvalue weighted by molar-refractivity contribution is 0.0730. The van der Waals surface area contributed by atoms with E-state index in [9.17, 15) is 18.0 Å². The zero-order valence-corrected chi connectivity index (χ0v) is 19.5. The van der Waals surface area contributed by atoms with E-state index in [1.807, 2.05) is 0 Å². The third kappa shape index (κ3) is 5.44. The fourth-order valence-corrected chi connectivity index (χ4v) is 4.89. The first-order chi connectivity index (χ1) is 15.8. The number of sulfonamides is 1. The van der Waals surface area contributed by atoms with E-state index in [1.165, 1.54) is 37.7 Å². The Hall–Kier alpha value is -3.15. The second-order valence-corrected chi connectivity index (χ2v) is 9.12. The Morgan fingerprint density at radius 3 is 2.42 bits per heavy atom. The van der Waals surface area contributed by atoms with Gasteiger partial charge in [-0.2, -0.15) is 4.31 Å². The third-order valence-corrected chi connectivity index (χ3v) is 7.05. The van der Waals surface area contributed by atoms with Gasteiger partial charge in [0.15, 0.2) is 11.5 Å². The molecule has 0 aliphatic carbocycles. The van der Waals surface area contributed by atoms with Gasteiger partial charge in [-0.25, -0.2) is 8.42 Å². The minimum atomic E-state index is -3.87. The Labute approximate surface area is 192 Å². The molecule has 3 rings (SSSR count). The predicted molar refractivity (Wildman–Crippen MR) is 120 cm³/mol. The maximum atomic E-state index is 13.1. The van der Waals surface area contributed by atoms with Gasteiger partial charge in [0.05, 0.1) is 37.9 Å². The summed E-state index contributed by atoms with van der Waals surface area (Å²) in [5.74, 6) is -0.543. The molecule has 1 aliphatic rings. The van der Waals surface area contributed by atoms with Crippen molar-refractivity contribution in [3.63, 3.8) is 0 Å². The first-order valence-corrected chi connectivity index (χ1v) is 11.7. The number of methoxy groups -OCH3 is 2. The summed E-state index contributed by atoms with van der Waals surface area (Å²) < 4.78 is 43.5. The molecule has 1 saturated heterocycles. The molecular formula is C22H27N3O7S. The summed E-state index contributed by atoms with van der Waals surface area (Å²) in [5, 5.41) is 5.30. The summed E-state index contributed by atoms with van der Waals surface area (Å²) in [6.07, 6.45) is 0. The SMILES string of the molecule is CNC(=O)c1cccc(CNC(=O)c2cc(S(=O)(=O)N3CCOCC3)cc(OC)c2OC)c1. The largest absolute Gasteiger partial charge is 0.493 e. The number of amides is 2. The zero-order valence-electron chi connectivity index (χ0n) is 18.7. The lowest BCUT2D eigenvalue weighted by Gasteiger charge is -2.26. The lowest BCUT2D eigenvalue weighted by Crippen LogP contribution is -2.40. The highest BCUT2D eigenvalue weighted by molar-refractivity contribution is 7.89. The van der Waals surface area contributed by atoms with Crippen molar-refractivity contribution in [1.29, 1.82) is 0 Å². The van der Waals surface area contributed by atoms with Gasteiger partial charge in [0.25, 0.3) is 11.8 Å². The minimum Gasteiger partial charge on any atom is -0.493 e. The van der Waals surface area contributed by atoms with Crippen molar-refractivity contribution in [2.75, 3.05) is 47.6 Å². The van der Waals surface area contributed by atoms with Crippen LogP contribution in [0.1, 0.15) is 26.3 Å². The van der Waals surface area contributed by atoms with Gasteiger partial charge >= 0.3 is 0 Å². The van der Waals surface area contributed by atoms with Crippen LogP contribution >= 0.6 is 0 Å². The highest BCUT2D eigenvalue weighted by atomic mass is 32.2. The molecule has 2 N–H and O–H groups in total. The quantitative estimate of drug-likeness (QED) is 0.582. The summed E-state index contributed by atoms with van der Waals surface area (Å²) in [7, 11) is 0.411. The molecule has 0 atom stereocenters. The van der Waals surface area contributed by atoms with Gasteiger partial charge in [-0.3, -0.25) is 9.59 Å². The molecule has 0 saturated carbocycles. The van der Waals surface area contributed by atoms with E-state index < -0.39 is 15.9 Å². The Kier molecular flexibility index (Phi) is 7.90. The molecule has 1 aliphatic heterocycles. The minimum absolute atomic E-state index is 0.0196. The van der Waals surface area contributed by atoms with E-state index in [0.717, 1.165) is 0 Å². The maximum absolute atomic E-state index is 13.1. The standard InChI is InChI=1S/C22H27N3O7S/c1-23-21(26)16-6-4-5-15(11-16)14-24-22(27)18-12-17(13-19(30-2)20(18)31-3)33(28,29)25-7-9-32-10-8-25/h4-6,11-13H,7-10,14H2,1-3H3,(H,23,26)(H,24,27). The lowest BCUT2D eigenvalue weighted by atomic mass is 10.1. The molecule has 10 nitrogen and oxygen atoms in total. The van der Waals surface area contributed by atoms with Crippen LogP contribution in [-0.4, -0.2) is 72.1 Å². The van der Waals surface area contributed by atoms with Crippen LogP contribution in [0.5, 0.6) is 11.5 Å². The molecule has 2 aromatic carbocycles. The molecule has 0 radical (unpaired) electrons. The second kappa shape index (κ2) is 10.6. The average Bonchev–Trinajstić information content (AvgIpc) is 2.86. The van der Waals surface area contributed by atoms with E-state index in [0.29, 0.717) is 24.3 Å². The average molecular weight is 478 g/mol. The normalized spacial score (nSPS) is 14.4. The van der Waals surface area contributed by atoms with Gasteiger partial charge in [-0.15, -0.1) is 0 Å². The van der Waals surface area contributed by atoms with Crippen LogP contribution in [0.25, 0.3) is 0 Å². The highest BCUT2D eigenvalue weighted by Crippen LogP contribution is 2.35. The molecule has 33 heavy (non-hydrogen) atoms. The van der Waals surface area contributed by atoms with Gasteiger partial charge < -0.3 is 24.8 Å². The van der Waals surface area contributed by atoms with E-state index in [2.05, 4.69) is 10.6 Å². The molecule has 0 aromatic heterocycles. The van der Waals surface area contributed by atoms with Crippen LogP contribution < -0.4 is 20.1 Å². The van der Waals surface area contributed by atoms with E-state index in [1.54, 1.807) is 24.3 Å². The Morgan fingerprint density at radius 2 is 1.79 bits per heavy atom. The predicted octanol–water partition coefficient (Wildman–Crippen LogP) is 1.01. The van der Waals surface area contributed by atoms with E-state index >= 15 is 0 Å². The Balaban J connectivity index is 1.90. The van der Waals surface area contributed by atoms with E-state index in [-0.39, 0.29) is 47.5 Å². The third-order valence-electron chi connectivity index (χ3n) is 5.17. The molecule has 2 amide bonds. The van der Waals surface area contributed by atoms with Gasteiger partial charge in [-0.05, 0) is 23.8 Å². The number of hydrogen-bond donors (Lipinski definition) is 2. The Bertz CT molecular complexity index is 1130. The van der Waals surface area contributed by atoms with Crippen molar-refractivity contribution in [3.8, 4) is 11.5 Å². The zero-order chi connectivity index (χ0) is 24.0. The first-order valence-electron chi connectivity index (χ1n) is 10.2. The Morgan fingerprint density at radius 1 is 1.06 bits per heavy atom. The van der Waals surface area contributed by atoms with Gasteiger partial charge in [0.1, 0.15) is 0 Å². The number of nitrogens with one attached hydrogen (secondary N) is 2. The van der Waals surface area contributed by atoms with Crippen LogP contribution in [0.15, 0.2) is 41.3 Å².